The molecule has 4 heteroatoms. The molecule has 0 saturated heterocycles. The summed E-state index contributed by atoms with van der Waals surface area (Å²) in [7, 11) is 0. The first-order valence-electron chi connectivity index (χ1n) is 4.48. The van der Waals surface area contributed by atoms with Crippen molar-refractivity contribution in [3.63, 3.8) is 0 Å². The van der Waals surface area contributed by atoms with Crippen molar-refractivity contribution >= 4 is 0 Å². The van der Waals surface area contributed by atoms with Crippen LogP contribution in [0.2, 0.25) is 0 Å². The van der Waals surface area contributed by atoms with E-state index in [4.69, 9.17) is 5.73 Å². The van der Waals surface area contributed by atoms with Crippen molar-refractivity contribution < 1.29 is 0 Å². The smallest absolute Gasteiger partial charge is 0.158 e. The predicted octanol–water partition coefficient (Wildman–Crippen LogP) is 1.03. The van der Waals surface area contributed by atoms with E-state index in [1.807, 2.05) is 31.3 Å². The standard InChI is InChI=1S/C10H12N4/c1-8-3-4-9(7-11)10(13-8)14-6-2-5-12-14/h2-6H,7,11H2,1H3. The molecule has 0 bridgehead atoms. The Hall–Kier alpha value is -1.68. The normalized spacial score (nSPS) is 10.4. The molecule has 2 aromatic rings. The Kier molecular flexibility index (Phi) is 2.28. The molecule has 0 radical (unpaired) electrons. The highest BCUT2D eigenvalue weighted by molar-refractivity contribution is 5.34. The molecule has 2 rings (SSSR count). The summed E-state index contributed by atoms with van der Waals surface area (Å²) >= 11 is 0. The highest BCUT2D eigenvalue weighted by Gasteiger charge is 2.04. The highest BCUT2D eigenvalue weighted by Crippen LogP contribution is 2.10. The van der Waals surface area contributed by atoms with E-state index >= 15 is 0 Å². The van der Waals surface area contributed by atoms with Gasteiger partial charge < -0.3 is 5.73 Å². The molecule has 2 N–H and O–H groups in total. The maximum Gasteiger partial charge on any atom is 0.158 e. The summed E-state index contributed by atoms with van der Waals surface area (Å²) in [5.74, 6) is 0.817. The van der Waals surface area contributed by atoms with Crippen LogP contribution < -0.4 is 5.73 Å². The maximum absolute atomic E-state index is 5.63. The predicted molar refractivity (Wildman–Crippen MR) is 54.0 cm³/mol. The minimum absolute atomic E-state index is 0.475. The molecule has 0 fully saturated rings. The third-order valence-corrected chi connectivity index (χ3v) is 2.04. The first-order valence-corrected chi connectivity index (χ1v) is 4.48. The van der Waals surface area contributed by atoms with Gasteiger partial charge in [-0.2, -0.15) is 5.10 Å². The van der Waals surface area contributed by atoms with Gasteiger partial charge in [0.25, 0.3) is 0 Å². The molecule has 0 saturated carbocycles. The van der Waals surface area contributed by atoms with Gasteiger partial charge in [0.15, 0.2) is 5.82 Å². The van der Waals surface area contributed by atoms with Gasteiger partial charge in [-0.15, -0.1) is 0 Å². The van der Waals surface area contributed by atoms with Gasteiger partial charge in [-0.25, -0.2) is 9.67 Å². The molecule has 0 aliphatic carbocycles. The van der Waals surface area contributed by atoms with E-state index < -0.39 is 0 Å². The summed E-state index contributed by atoms with van der Waals surface area (Å²) in [6, 6.07) is 5.80. The average Bonchev–Trinajstić information content (AvgIpc) is 2.70. The Morgan fingerprint density at radius 1 is 1.43 bits per heavy atom. The van der Waals surface area contributed by atoms with Crippen molar-refractivity contribution in [3.05, 3.63) is 41.9 Å². The van der Waals surface area contributed by atoms with Crippen molar-refractivity contribution in [1.82, 2.24) is 14.8 Å². The van der Waals surface area contributed by atoms with Crippen molar-refractivity contribution in [1.29, 1.82) is 0 Å². The Bertz CT molecular complexity index is 420. The summed E-state index contributed by atoms with van der Waals surface area (Å²) < 4.78 is 1.73. The number of aromatic nitrogens is 3. The summed E-state index contributed by atoms with van der Waals surface area (Å²) in [6.45, 7) is 2.43. The van der Waals surface area contributed by atoms with E-state index in [-0.39, 0.29) is 0 Å². The topological polar surface area (TPSA) is 56.7 Å². The fourth-order valence-electron chi connectivity index (χ4n) is 1.32. The van der Waals surface area contributed by atoms with Crippen LogP contribution in [0.5, 0.6) is 0 Å². The van der Waals surface area contributed by atoms with Gasteiger partial charge in [-0.3, -0.25) is 0 Å². The fraction of sp³-hybridized carbons (Fsp3) is 0.200. The van der Waals surface area contributed by atoms with Crippen LogP contribution in [0.1, 0.15) is 11.3 Å². The zero-order valence-corrected chi connectivity index (χ0v) is 8.01. The van der Waals surface area contributed by atoms with Crippen LogP contribution in [-0.2, 0) is 6.54 Å². The minimum atomic E-state index is 0.475. The zero-order valence-electron chi connectivity index (χ0n) is 8.01. The van der Waals surface area contributed by atoms with E-state index in [1.54, 1.807) is 10.9 Å². The van der Waals surface area contributed by atoms with Gasteiger partial charge in [0.1, 0.15) is 0 Å². The summed E-state index contributed by atoms with van der Waals surface area (Å²) in [5, 5.41) is 4.13. The minimum Gasteiger partial charge on any atom is -0.326 e. The molecule has 4 nitrogen and oxygen atoms in total. The quantitative estimate of drug-likeness (QED) is 0.766. The second-order valence-corrected chi connectivity index (χ2v) is 3.09. The third kappa shape index (κ3) is 1.52. The molecule has 14 heavy (non-hydrogen) atoms. The lowest BCUT2D eigenvalue weighted by Gasteiger charge is -2.07. The molecule has 72 valence electrons. The van der Waals surface area contributed by atoms with E-state index in [0.29, 0.717) is 6.54 Å². The summed E-state index contributed by atoms with van der Waals surface area (Å²) in [6.07, 6.45) is 3.59. The molecule has 2 aromatic heterocycles. The molecule has 2 heterocycles. The molecular weight excluding hydrogens is 176 g/mol. The number of rotatable bonds is 2. The van der Waals surface area contributed by atoms with Gasteiger partial charge in [-0.1, -0.05) is 6.07 Å². The van der Waals surface area contributed by atoms with Gasteiger partial charge in [0, 0.05) is 30.2 Å². The van der Waals surface area contributed by atoms with Gasteiger partial charge in [-0.05, 0) is 19.1 Å². The van der Waals surface area contributed by atoms with Crippen LogP contribution in [-0.4, -0.2) is 14.8 Å². The van der Waals surface area contributed by atoms with Crippen LogP contribution >= 0.6 is 0 Å². The number of nitrogens with two attached hydrogens (primary N) is 1. The lowest BCUT2D eigenvalue weighted by atomic mass is 10.2. The molecule has 0 spiro atoms. The highest BCUT2D eigenvalue weighted by atomic mass is 15.3. The third-order valence-electron chi connectivity index (χ3n) is 2.04. The summed E-state index contributed by atoms with van der Waals surface area (Å²) in [4.78, 5) is 4.41. The SMILES string of the molecule is Cc1ccc(CN)c(-n2cccn2)n1. The van der Waals surface area contributed by atoms with Crippen molar-refractivity contribution in [3.8, 4) is 5.82 Å². The lowest BCUT2D eigenvalue weighted by Crippen LogP contribution is -2.07. The second kappa shape index (κ2) is 3.59. The molecule has 0 unspecified atom stereocenters. The lowest BCUT2D eigenvalue weighted by molar-refractivity contribution is 0.817. The van der Waals surface area contributed by atoms with Gasteiger partial charge in [0.2, 0.25) is 0 Å². The number of aryl methyl sites for hydroxylation is 1. The molecule has 0 atom stereocenters. The Balaban J connectivity index is 2.55. The van der Waals surface area contributed by atoms with E-state index in [9.17, 15) is 0 Å². The van der Waals surface area contributed by atoms with Crippen LogP contribution in [0.25, 0.3) is 5.82 Å². The van der Waals surface area contributed by atoms with E-state index in [0.717, 1.165) is 17.1 Å². The summed E-state index contributed by atoms with van der Waals surface area (Å²) in [5.41, 5.74) is 7.59. The van der Waals surface area contributed by atoms with E-state index in [2.05, 4.69) is 10.1 Å². The maximum atomic E-state index is 5.63. The Morgan fingerprint density at radius 3 is 2.93 bits per heavy atom. The molecular formula is C10H12N4. The number of nitrogens with zero attached hydrogens (tertiary/aromatic N) is 3. The monoisotopic (exact) mass is 188 g/mol. The molecule has 0 aromatic carbocycles. The number of hydrogen-bond donors (Lipinski definition) is 1. The Morgan fingerprint density at radius 2 is 2.29 bits per heavy atom. The van der Waals surface area contributed by atoms with Gasteiger partial charge in [0.05, 0.1) is 0 Å². The molecule has 0 amide bonds. The number of hydrogen-bond acceptors (Lipinski definition) is 3. The van der Waals surface area contributed by atoms with Crippen molar-refractivity contribution in [2.24, 2.45) is 5.73 Å². The number of pyridine rings is 1. The van der Waals surface area contributed by atoms with Crippen LogP contribution in [0.4, 0.5) is 0 Å². The van der Waals surface area contributed by atoms with Gasteiger partial charge >= 0.3 is 0 Å². The van der Waals surface area contributed by atoms with Crippen LogP contribution in [0.15, 0.2) is 30.6 Å². The zero-order chi connectivity index (χ0) is 9.97. The van der Waals surface area contributed by atoms with E-state index in [1.165, 1.54) is 0 Å². The first-order chi connectivity index (χ1) is 6.81. The van der Waals surface area contributed by atoms with Crippen LogP contribution in [0.3, 0.4) is 0 Å². The fourth-order valence-corrected chi connectivity index (χ4v) is 1.32. The Labute approximate surface area is 82.4 Å². The van der Waals surface area contributed by atoms with Crippen molar-refractivity contribution in [2.75, 3.05) is 0 Å². The molecule has 0 aliphatic heterocycles. The van der Waals surface area contributed by atoms with Crippen molar-refractivity contribution in [2.45, 2.75) is 13.5 Å². The first kappa shape index (κ1) is 8.90. The molecule has 0 aliphatic rings. The largest absolute Gasteiger partial charge is 0.326 e. The average molecular weight is 188 g/mol. The van der Waals surface area contributed by atoms with Crippen LogP contribution in [0, 0.1) is 6.92 Å². The second-order valence-electron chi connectivity index (χ2n) is 3.09.